The largest absolute Gasteiger partial charge is 0.402 e. The van der Waals surface area contributed by atoms with Gasteiger partial charge in [-0.25, -0.2) is 15.6 Å². The zero-order valence-electron chi connectivity index (χ0n) is 8.39. The van der Waals surface area contributed by atoms with Crippen LogP contribution >= 0.6 is 0 Å². The molecule has 0 aliphatic heterocycles. The number of amides is 1. The van der Waals surface area contributed by atoms with Gasteiger partial charge in [-0.15, -0.1) is 0 Å². The molecule has 0 aliphatic carbocycles. The smallest absolute Gasteiger partial charge is 0.381 e. The normalized spacial score (nSPS) is 9.38. The molecule has 0 atom stereocenters. The van der Waals surface area contributed by atoms with Gasteiger partial charge < -0.3 is 4.74 Å². The van der Waals surface area contributed by atoms with E-state index in [1.807, 2.05) is 5.43 Å². The fourth-order valence-electron chi connectivity index (χ4n) is 0.857. The molecule has 0 aliphatic rings. The molecule has 0 radical (unpaired) electrons. The summed E-state index contributed by atoms with van der Waals surface area (Å²) in [5, 5.41) is 0. The minimum Gasteiger partial charge on any atom is -0.402 e. The van der Waals surface area contributed by atoms with Crippen molar-refractivity contribution >= 4 is 17.7 Å². The summed E-state index contributed by atoms with van der Waals surface area (Å²) in [7, 11) is 0. The predicted molar refractivity (Wildman–Crippen MR) is 52.2 cm³/mol. The molecule has 1 heterocycles. The number of nitrogen functional groups attached to an aromatic ring is 1. The molecule has 0 spiro atoms. The minimum atomic E-state index is -1.04. The van der Waals surface area contributed by atoms with Gasteiger partial charge in [-0.3, -0.25) is 15.0 Å². The van der Waals surface area contributed by atoms with Gasteiger partial charge in [-0.1, -0.05) is 0 Å². The van der Waals surface area contributed by atoms with Gasteiger partial charge in [-0.2, -0.15) is 0 Å². The zero-order valence-corrected chi connectivity index (χ0v) is 8.39. The number of Topliss-reactive ketones (excluding diaryl/α,β-unsaturated/α-hetero) is 1. The number of carbonyl (C=O) groups excluding carboxylic acids is 3. The number of ketones is 1. The van der Waals surface area contributed by atoms with Crippen molar-refractivity contribution in [2.75, 3.05) is 0 Å². The van der Waals surface area contributed by atoms with Gasteiger partial charge in [0.1, 0.15) is 0 Å². The van der Waals surface area contributed by atoms with Crippen LogP contribution in [0.2, 0.25) is 0 Å². The molecule has 3 N–H and O–H groups in total. The second-order valence-corrected chi connectivity index (χ2v) is 2.80. The van der Waals surface area contributed by atoms with Crippen LogP contribution in [0.1, 0.15) is 17.3 Å². The number of nitrogens with one attached hydrogen (secondary N) is 1. The highest BCUT2D eigenvalue weighted by molar-refractivity contribution is 6.33. The molecule has 1 aromatic rings. The summed E-state index contributed by atoms with van der Waals surface area (Å²) < 4.78 is 4.59. The van der Waals surface area contributed by atoms with Crippen LogP contribution in [0.4, 0.5) is 0 Å². The van der Waals surface area contributed by atoms with Crippen molar-refractivity contribution in [3.8, 4) is 5.88 Å². The number of aromatic nitrogens is 1. The lowest BCUT2D eigenvalue weighted by Crippen LogP contribution is -2.30. The first-order valence-electron chi connectivity index (χ1n) is 4.24. The van der Waals surface area contributed by atoms with Gasteiger partial charge in [0.25, 0.3) is 5.91 Å². The Morgan fingerprint density at radius 3 is 2.69 bits per heavy atom. The highest BCUT2D eigenvalue weighted by Gasteiger charge is 2.12. The summed E-state index contributed by atoms with van der Waals surface area (Å²) in [6.07, 6.45) is 1.26. The molecular weight excluding hydrogens is 214 g/mol. The molecule has 0 aromatic carbocycles. The molecular formula is C9H9N3O4. The maximum Gasteiger partial charge on any atom is 0.381 e. The van der Waals surface area contributed by atoms with Gasteiger partial charge in [-0.05, 0) is 6.07 Å². The standard InChI is InChI=1S/C9H9N3O4/c1-5(13)9(15)16-7-4-6(2-3-11-7)8(14)12-10/h2-4H,10H2,1H3,(H,12,14). The van der Waals surface area contributed by atoms with E-state index in [4.69, 9.17) is 5.84 Å². The minimum absolute atomic E-state index is 0.138. The van der Waals surface area contributed by atoms with E-state index < -0.39 is 17.7 Å². The monoisotopic (exact) mass is 223 g/mol. The number of hydrogen-bond acceptors (Lipinski definition) is 6. The van der Waals surface area contributed by atoms with Crippen LogP contribution in [-0.2, 0) is 9.59 Å². The molecule has 0 saturated heterocycles. The number of ether oxygens (including phenoxy) is 1. The second kappa shape index (κ2) is 4.99. The molecule has 7 heteroatoms. The maximum atomic E-state index is 11.1. The van der Waals surface area contributed by atoms with E-state index in [-0.39, 0.29) is 11.4 Å². The van der Waals surface area contributed by atoms with E-state index in [1.165, 1.54) is 18.3 Å². The molecule has 16 heavy (non-hydrogen) atoms. The first-order chi connectivity index (χ1) is 7.54. The van der Waals surface area contributed by atoms with Crippen LogP contribution in [0.15, 0.2) is 18.3 Å². The molecule has 7 nitrogen and oxygen atoms in total. The number of carbonyl (C=O) groups is 3. The van der Waals surface area contributed by atoms with Crippen molar-refractivity contribution in [2.24, 2.45) is 5.84 Å². The summed E-state index contributed by atoms with van der Waals surface area (Å²) in [4.78, 5) is 36.3. The van der Waals surface area contributed by atoms with E-state index >= 15 is 0 Å². The fraction of sp³-hybridized carbons (Fsp3) is 0.111. The van der Waals surface area contributed by atoms with Crippen LogP contribution < -0.4 is 16.0 Å². The van der Waals surface area contributed by atoms with E-state index in [2.05, 4.69) is 9.72 Å². The number of nitrogens with two attached hydrogens (primary N) is 1. The number of pyridine rings is 1. The summed E-state index contributed by atoms with van der Waals surface area (Å²) in [6.45, 7) is 1.07. The van der Waals surface area contributed by atoms with Crippen molar-refractivity contribution in [1.29, 1.82) is 0 Å². The second-order valence-electron chi connectivity index (χ2n) is 2.80. The van der Waals surface area contributed by atoms with Gasteiger partial charge in [0.15, 0.2) is 0 Å². The van der Waals surface area contributed by atoms with Crippen molar-refractivity contribution < 1.29 is 19.1 Å². The molecule has 0 unspecified atom stereocenters. The Kier molecular flexibility index (Phi) is 3.67. The van der Waals surface area contributed by atoms with Crippen LogP contribution in [0.5, 0.6) is 5.88 Å². The third-order valence-corrected chi connectivity index (χ3v) is 1.61. The quantitative estimate of drug-likeness (QED) is 0.227. The first-order valence-corrected chi connectivity index (χ1v) is 4.24. The van der Waals surface area contributed by atoms with E-state index in [1.54, 1.807) is 0 Å². The van der Waals surface area contributed by atoms with E-state index in [9.17, 15) is 14.4 Å². The van der Waals surface area contributed by atoms with Crippen LogP contribution in [0.3, 0.4) is 0 Å². The Hall–Kier alpha value is -2.28. The van der Waals surface area contributed by atoms with Crippen LogP contribution in [-0.4, -0.2) is 22.6 Å². The Morgan fingerprint density at radius 2 is 2.12 bits per heavy atom. The third kappa shape index (κ3) is 2.85. The third-order valence-electron chi connectivity index (χ3n) is 1.61. The molecule has 84 valence electrons. The lowest BCUT2D eigenvalue weighted by atomic mass is 10.2. The van der Waals surface area contributed by atoms with Gasteiger partial charge in [0.2, 0.25) is 11.7 Å². The van der Waals surface area contributed by atoms with Crippen molar-refractivity contribution in [1.82, 2.24) is 10.4 Å². The Labute approximate surface area is 90.6 Å². The van der Waals surface area contributed by atoms with Gasteiger partial charge in [0.05, 0.1) is 0 Å². The molecule has 0 fully saturated rings. The van der Waals surface area contributed by atoms with Crippen molar-refractivity contribution in [3.05, 3.63) is 23.9 Å². The maximum absolute atomic E-state index is 11.1. The average Bonchev–Trinajstić information content (AvgIpc) is 2.28. The van der Waals surface area contributed by atoms with E-state index in [0.29, 0.717) is 0 Å². The molecule has 0 bridgehead atoms. The first kappa shape index (κ1) is 11.8. The summed E-state index contributed by atoms with van der Waals surface area (Å²) in [5.74, 6) is 2.43. The Morgan fingerprint density at radius 1 is 1.44 bits per heavy atom. The summed E-state index contributed by atoms with van der Waals surface area (Å²) in [5.41, 5.74) is 2.08. The number of nitrogens with zero attached hydrogens (tertiary/aromatic N) is 1. The fourth-order valence-corrected chi connectivity index (χ4v) is 0.857. The highest BCUT2D eigenvalue weighted by Crippen LogP contribution is 2.09. The topological polar surface area (TPSA) is 111 Å². The molecule has 1 amide bonds. The average molecular weight is 223 g/mol. The number of hydrazine groups is 1. The molecule has 1 rings (SSSR count). The lowest BCUT2D eigenvalue weighted by molar-refractivity contribution is -0.146. The predicted octanol–water partition coefficient (Wildman–Crippen LogP) is -0.820. The summed E-state index contributed by atoms with van der Waals surface area (Å²) in [6, 6.07) is 2.58. The molecule has 1 aromatic heterocycles. The lowest BCUT2D eigenvalue weighted by Gasteiger charge is -2.02. The zero-order chi connectivity index (χ0) is 12.1. The SMILES string of the molecule is CC(=O)C(=O)Oc1cc(C(=O)NN)ccn1. The van der Waals surface area contributed by atoms with Crippen molar-refractivity contribution in [2.45, 2.75) is 6.92 Å². The summed E-state index contributed by atoms with van der Waals surface area (Å²) >= 11 is 0. The van der Waals surface area contributed by atoms with Crippen molar-refractivity contribution in [3.63, 3.8) is 0 Å². The van der Waals surface area contributed by atoms with E-state index in [0.717, 1.165) is 6.92 Å². The van der Waals surface area contributed by atoms with Crippen LogP contribution in [0.25, 0.3) is 0 Å². The number of esters is 1. The van der Waals surface area contributed by atoms with Gasteiger partial charge >= 0.3 is 5.97 Å². The number of hydrogen-bond donors (Lipinski definition) is 2. The number of rotatable bonds is 3. The Balaban J connectivity index is 2.87. The Bertz CT molecular complexity index is 444. The highest BCUT2D eigenvalue weighted by atomic mass is 16.5. The van der Waals surface area contributed by atoms with Gasteiger partial charge in [0, 0.05) is 24.8 Å². The molecule has 0 saturated carbocycles. The van der Waals surface area contributed by atoms with Crippen LogP contribution in [0, 0.1) is 0 Å².